The van der Waals surface area contributed by atoms with Crippen LogP contribution in [0.3, 0.4) is 0 Å². The molecule has 3 heterocycles. The van der Waals surface area contributed by atoms with Crippen molar-refractivity contribution in [2.45, 2.75) is 18.5 Å². The fourth-order valence-corrected chi connectivity index (χ4v) is 5.16. The lowest BCUT2D eigenvalue weighted by molar-refractivity contribution is -0.116. The van der Waals surface area contributed by atoms with Crippen LogP contribution in [0.15, 0.2) is 85.2 Å². The van der Waals surface area contributed by atoms with E-state index in [1.165, 1.54) is 6.07 Å². The maximum atomic E-state index is 13.9. The van der Waals surface area contributed by atoms with Crippen LogP contribution in [0.4, 0.5) is 10.1 Å². The Hall–Kier alpha value is -3.95. The zero-order valence-corrected chi connectivity index (χ0v) is 22.0. The van der Waals surface area contributed by atoms with Crippen LogP contribution in [-0.4, -0.2) is 39.1 Å². The van der Waals surface area contributed by atoms with Crippen LogP contribution in [0, 0.1) is 5.82 Å². The molecule has 0 saturated carbocycles. The largest absolute Gasteiger partial charge is 0.495 e. The van der Waals surface area contributed by atoms with Crippen molar-refractivity contribution in [1.82, 2.24) is 19.8 Å². The molecular formula is C28H25ClFN5O2S. The molecule has 0 spiro atoms. The van der Waals surface area contributed by atoms with Gasteiger partial charge in [-0.1, -0.05) is 29.8 Å². The number of carbonyl (C=O) groups is 1. The molecule has 2 aromatic carbocycles. The predicted molar refractivity (Wildman–Crippen MR) is 149 cm³/mol. The summed E-state index contributed by atoms with van der Waals surface area (Å²) >= 11 is 11.8. The topological polar surface area (TPSA) is 71.4 Å². The Balaban J connectivity index is 1.45. The first-order valence-corrected chi connectivity index (χ1v) is 12.8. The minimum atomic E-state index is -0.484. The molecule has 38 heavy (non-hydrogen) atoms. The van der Waals surface area contributed by atoms with E-state index < -0.39 is 5.82 Å². The number of methoxy groups -OCH3 is 1. The average molecular weight is 550 g/mol. The molecular weight excluding hydrogens is 525 g/mol. The van der Waals surface area contributed by atoms with E-state index >= 15 is 0 Å². The molecule has 0 unspecified atom stereocenters. The normalized spacial score (nSPS) is 16.8. The zero-order chi connectivity index (χ0) is 26.6. The maximum absolute atomic E-state index is 13.9. The van der Waals surface area contributed by atoms with E-state index in [1.54, 1.807) is 37.6 Å². The highest BCUT2D eigenvalue weighted by atomic mass is 35.5. The second-order valence-corrected chi connectivity index (χ2v) is 9.51. The highest BCUT2D eigenvalue weighted by Gasteiger charge is 2.41. The molecule has 1 fully saturated rings. The molecule has 1 amide bonds. The molecule has 10 heteroatoms. The SMILES string of the molecule is COc1ccccc1NC(=O)CCN1C(=S)N[C@H](c2ccccn2)[C@@H]1c1cccn1-c1ccc(F)c(Cl)c1. The van der Waals surface area contributed by atoms with Gasteiger partial charge in [0, 0.05) is 36.7 Å². The Morgan fingerprint density at radius 2 is 1.97 bits per heavy atom. The molecule has 1 aliphatic rings. The smallest absolute Gasteiger partial charge is 0.226 e. The van der Waals surface area contributed by atoms with Crippen molar-refractivity contribution in [2.24, 2.45) is 0 Å². The molecule has 7 nitrogen and oxygen atoms in total. The first kappa shape index (κ1) is 25.7. The lowest BCUT2D eigenvalue weighted by Crippen LogP contribution is -2.33. The van der Waals surface area contributed by atoms with E-state index in [9.17, 15) is 9.18 Å². The van der Waals surface area contributed by atoms with Gasteiger partial charge in [0.15, 0.2) is 5.11 Å². The summed E-state index contributed by atoms with van der Waals surface area (Å²) < 4.78 is 21.2. The molecule has 2 N–H and O–H groups in total. The van der Waals surface area contributed by atoms with Crippen LogP contribution in [0.1, 0.15) is 29.9 Å². The lowest BCUT2D eigenvalue weighted by Gasteiger charge is -2.29. The van der Waals surface area contributed by atoms with Crippen LogP contribution >= 0.6 is 23.8 Å². The summed E-state index contributed by atoms with van der Waals surface area (Å²) in [7, 11) is 1.56. The van der Waals surface area contributed by atoms with Crippen LogP contribution < -0.4 is 15.4 Å². The van der Waals surface area contributed by atoms with E-state index in [0.29, 0.717) is 28.8 Å². The van der Waals surface area contributed by atoms with E-state index in [0.717, 1.165) is 11.4 Å². The Morgan fingerprint density at radius 1 is 1.16 bits per heavy atom. The monoisotopic (exact) mass is 549 g/mol. The van der Waals surface area contributed by atoms with Crippen molar-refractivity contribution in [3.8, 4) is 11.4 Å². The van der Waals surface area contributed by atoms with Crippen molar-refractivity contribution < 1.29 is 13.9 Å². The number of thiocarbonyl (C=S) groups is 1. The number of hydrogen-bond donors (Lipinski definition) is 2. The first-order valence-electron chi connectivity index (χ1n) is 12.0. The van der Waals surface area contributed by atoms with Gasteiger partial charge in [0.2, 0.25) is 5.91 Å². The van der Waals surface area contributed by atoms with Crippen LogP contribution in [-0.2, 0) is 4.79 Å². The number of para-hydroxylation sites is 2. The van der Waals surface area contributed by atoms with Crippen LogP contribution in [0.2, 0.25) is 5.02 Å². The number of carbonyl (C=O) groups excluding carboxylic acids is 1. The number of nitrogens with one attached hydrogen (secondary N) is 2. The highest BCUT2D eigenvalue weighted by molar-refractivity contribution is 7.80. The number of halogens is 2. The van der Waals surface area contributed by atoms with Gasteiger partial charge in [0.05, 0.1) is 35.6 Å². The summed E-state index contributed by atoms with van der Waals surface area (Å²) in [5.41, 5.74) is 3.02. The van der Waals surface area contributed by atoms with E-state index in [2.05, 4.69) is 15.6 Å². The number of hydrogen-bond acceptors (Lipinski definition) is 4. The van der Waals surface area contributed by atoms with Gasteiger partial charge in [-0.3, -0.25) is 9.78 Å². The molecule has 0 bridgehead atoms. The second-order valence-electron chi connectivity index (χ2n) is 8.72. The van der Waals surface area contributed by atoms with Crippen molar-refractivity contribution in [1.29, 1.82) is 0 Å². The minimum Gasteiger partial charge on any atom is -0.495 e. The van der Waals surface area contributed by atoms with Gasteiger partial charge in [-0.15, -0.1) is 0 Å². The standard InChI is InChI=1S/C28H25ClFN5O2S/c1-37-24-10-3-2-7-21(24)32-25(36)13-16-35-27(26(33-28(35)38)22-8-4-5-14-31-22)23-9-6-15-34(23)18-11-12-20(30)19(29)17-18/h2-12,14-15,17,26-27H,13,16H2,1H3,(H,32,36)(H,33,38)/t26-,27+/m1/s1. The Morgan fingerprint density at radius 3 is 2.74 bits per heavy atom. The third kappa shape index (κ3) is 5.20. The van der Waals surface area contributed by atoms with Crippen molar-refractivity contribution in [2.75, 3.05) is 19.0 Å². The van der Waals surface area contributed by atoms with Crippen LogP contribution in [0.5, 0.6) is 5.75 Å². The number of aromatic nitrogens is 2. The van der Waals surface area contributed by atoms with Gasteiger partial charge < -0.3 is 24.8 Å². The third-order valence-corrected chi connectivity index (χ3v) is 7.07. The first-order chi connectivity index (χ1) is 18.5. The molecule has 194 valence electrons. The number of ether oxygens (including phenoxy) is 1. The molecule has 5 rings (SSSR count). The summed E-state index contributed by atoms with van der Waals surface area (Å²) in [5.74, 6) is -0.0667. The average Bonchev–Trinajstić information content (AvgIpc) is 3.54. The van der Waals surface area contributed by atoms with Gasteiger partial charge in [-0.05, 0) is 66.8 Å². The number of amides is 1. The highest BCUT2D eigenvalue weighted by Crippen LogP contribution is 2.40. The summed E-state index contributed by atoms with van der Waals surface area (Å²) in [6, 6.07) is 20.9. The summed E-state index contributed by atoms with van der Waals surface area (Å²) in [4.78, 5) is 19.5. The van der Waals surface area contributed by atoms with Gasteiger partial charge in [-0.2, -0.15) is 0 Å². The number of benzene rings is 2. The fraction of sp³-hybridized carbons (Fsp3) is 0.179. The maximum Gasteiger partial charge on any atom is 0.226 e. The van der Waals surface area contributed by atoms with Gasteiger partial charge >= 0.3 is 0 Å². The van der Waals surface area contributed by atoms with E-state index in [1.807, 2.05) is 58.1 Å². The van der Waals surface area contributed by atoms with Gasteiger partial charge in [0.25, 0.3) is 0 Å². The quantitative estimate of drug-likeness (QED) is 0.276. The molecule has 2 atom stereocenters. The Kier molecular flexibility index (Phi) is 7.57. The van der Waals surface area contributed by atoms with Gasteiger partial charge in [0.1, 0.15) is 11.6 Å². The second kappa shape index (κ2) is 11.2. The molecule has 0 aliphatic carbocycles. The molecule has 4 aromatic rings. The zero-order valence-electron chi connectivity index (χ0n) is 20.5. The van der Waals surface area contributed by atoms with Crippen molar-refractivity contribution >= 4 is 40.5 Å². The fourth-order valence-electron chi connectivity index (χ4n) is 4.66. The molecule has 0 radical (unpaired) electrons. The number of anilines is 1. The molecule has 1 saturated heterocycles. The molecule has 2 aromatic heterocycles. The Bertz CT molecular complexity index is 1460. The number of nitrogens with zero attached hydrogens (tertiary/aromatic N) is 3. The van der Waals surface area contributed by atoms with Crippen molar-refractivity contribution in [3.63, 3.8) is 0 Å². The summed E-state index contributed by atoms with van der Waals surface area (Å²) in [6.07, 6.45) is 3.82. The Labute approximate surface area is 230 Å². The number of pyridine rings is 1. The minimum absolute atomic E-state index is 0.0355. The summed E-state index contributed by atoms with van der Waals surface area (Å²) in [6.45, 7) is 0.357. The van der Waals surface area contributed by atoms with E-state index in [4.69, 9.17) is 28.6 Å². The van der Waals surface area contributed by atoms with Crippen molar-refractivity contribution in [3.05, 3.63) is 107 Å². The third-order valence-electron chi connectivity index (χ3n) is 6.42. The van der Waals surface area contributed by atoms with E-state index in [-0.39, 0.29) is 29.4 Å². The summed E-state index contributed by atoms with van der Waals surface area (Å²) in [5, 5.41) is 6.86. The van der Waals surface area contributed by atoms with Gasteiger partial charge in [-0.25, -0.2) is 4.39 Å². The number of rotatable bonds is 8. The predicted octanol–water partition coefficient (Wildman–Crippen LogP) is 5.67. The molecule has 1 aliphatic heterocycles. The van der Waals surface area contributed by atoms with Crippen LogP contribution in [0.25, 0.3) is 5.69 Å². The lowest BCUT2D eigenvalue weighted by atomic mass is 10.0.